The first-order valence-electron chi connectivity index (χ1n) is 9.70. The lowest BCUT2D eigenvalue weighted by Crippen LogP contribution is -2.46. The Balaban J connectivity index is 1.74. The summed E-state index contributed by atoms with van der Waals surface area (Å²) < 4.78 is 15.7. The third kappa shape index (κ3) is 5.03. The van der Waals surface area contributed by atoms with Crippen LogP contribution >= 0.6 is 0 Å². The van der Waals surface area contributed by atoms with E-state index in [1.54, 1.807) is 38.2 Å². The highest BCUT2D eigenvalue weighted by molar-refractivity contribution is 5.95. The Labute approximate surface area is 180 Å². The summed E-state index contributed by atoms with van der Waals surface area (Å²) in [5.41, 5.74) is 1.81. The van der Waals surface area contributed by atoms with Crippen molar-refractivity contribution in [2.45, 2.75) is 13.0 Å². The number of methoxy groups -OCH3 is 1. The van der Waals surface area contributed by atoms with Crippen LogP contribution < -0.4 is 10.1 Å². The second-order valence-corrected chi connectivity index (χ2v) is 6.85. The van der Waals surface area contributed by atoms with Gasteiger partial charge >= 0.3 is 18.0 Å². The molecule has 0 saturated heterocycles. The number of allylic oxidation sites excluding steroid dienone is 1. The lowest BCUT2D eigenvalue weighted by atomic mass is 9.94. The minimum atomic E-state index is -0.710. The van der Waals surface area contributed by atoms with Crippen LogP contribution in [0.15, 0.2) is 65.9 Å². The molecule has 1 N–H and O–H groups in total. The number of hydrogen-bond acceptors (Lipinski definition) is 6. The monoisotopic (exact) mass is 424 g/mol. The topological polar surface area (TPSA) is 94.2 Å². The van der Waals surface area contributed by atoms with E-state index in [2.05, 4.69) is 5.32 Å². The molecule has 2 aromatic rings. The first-order chi connectivity index (χ1) is 14.9. The van der Waals surface area contributed by atoms with Crippen LogP contribution in [0, 0.1) is 0 Å². The molecule has 3 rings (SSSR count). The molecular weight excluding hydrogens is 400 g/mol. The van der Waals surface area contributed by atoms with Crippen LogP contribution in [0.2, 0.25) is 0 Å². The molecule has 1 aliphatic heterocycles. The Kier molecular flexibility index (Phi) is 6.92. The molecule has 162 valence electrons. The zero-order valence-corrected chi connectivity index (χ0v) is 17.6. The van der Waals surface area contributed by atoms with E-state index in [1.165, 1.54) is 12.0 Å². The van der Waals surface area contributed by atoms with E-state index in [1.807, 2.05) is 30.3 Å². The number of urea groups is 1. The number of esters is 2. The molecule has 2 amide bonds. The molecule has 0 aromatic heterocycles. The van der Waals surface area contributed by atoms with Crippen molar-refractivity contribution in [3.63, 3.8) is 0 Å². The summed E-state index contributed by atoms with van der Waals surface area (Å²) in [6.07, 6.45) is 0. The van der Waals surface area contributed by atoms with Gasteiger partial charge < -0.3 is 24.4 Å². The first kappa shape index (κ1) is 21.9. The van der Waals surface area contributed by atoms with Gasteiger partial charge in [0.25, 0.3) is 0 Å². The number of rotatable bonds is 7. The van der Waals surface area contributed by atoms with Gasteiger partial charge in [0, 0.05) is 12.7 Å². The Bertz CT molecular complexity index is 985. The number of carbonyl (C=O) groups is 3. The maximum absolute atomic E-state index is 12.9. The summed E-state index contributed by atoms with van der Waals surface area (Å²) in [5, 5.41) is 2.80. The summed E-state index contributed by atoms with van der Waals surface area (Å²) in [6, 6.07) is 14.7. The first-order valence-corrected chi connectivity index (χ1v) is 9.70. The molecule has 0 unspecified atom stereocenters. The van der Waals surface area contributed by atoms with Crippen LogP contribution in [-0.4, -0.2) is 50.2 Å². The second kappa shape index (κ2) is 9.80. The minimum absolute atomic E-state index is 0.0518. The van der Waals surface area contributed by atoms with Crippen molar-refractivity contribution in [3.05, 3.63) is 77.0 Å². The molecule has 0 radical (unpaired) electrons. The largest absolute Gasteiger partial charge is 0.490 e. The van der Waals surface area contributed by atoms with Gasteiger partial charge in [-0.3, -0.25) is 0 Å². The molecule has 8 nitrogen and oxygen atoms in total. The third-order valence-corrected chi connectivity index (χ3v) is 4.97. The van der Waals surface area contributed by atoms with Gasteiger partial charge in [0.15, 0.2) is 0 Å². The van der Waals surface area contributed by atoms with Gasteiger partial charge in [-0.25, -0.2) is 14.4 Å². The number of ether oxygens (including phenoxy) is 3. The lowest BCUT2D eigenvalue weighted by Gasteiger charge is -2.33. The van der Waals surface area contributed by atoms with Crippen molar-refractivity contribution in [2.24, 2.45) is 0 Å². The number of amides is 2. The third-order valence-electron chi connectivity index (χ3n) is 4.97. The van der Waals surface area contributed by atoms with Crippen LogP contribution in [0.4, 0.5) is 4.79 Å². The quantitative estimate of drug-likeness (QED) is 0.542. The Morgan fingerprint density at radius 2 is 1.68 bits per heavy atom. The van der Waals surface area contributed by atoms with Crippen LogP contribution in [-0.2, 0) is 14.3 Å². The van der Waals surface area contributed by atoms with Crippen LogP contribution in [0.1, 0.15) is 28.9 Å². The van der Waals surface area contributed by atoms with Crippen molar-refractivity contribution in [3.8, 4) is 5.75 Å². The fourth-order valence-electron chi connectivity index (χ4n) is 3.17. The summed E-state index contributed by atoms with van der Waals surface area (Å²) >= 11 is 0. The van der Waals surface area contributed by atoms with Gasteiger partial charge in [-0.15, -0.1) is 0 Å². The predicted molar refractivity (Wildman–Crippen MR) is 112 cm³/mol. The Morgan fingerprint density at radius 1 is 1.00 bits per heavy atom. The van der Waals surface area contributed by atoms with Crippen LogP contribution in [0.25, 0.3) is 0 Å². The SMILES string of the molecule is COC(=O)c1ccc([C@@H]2NC(=O)N(C)C(C)=C2C(=O)OCCOc2ccccc2)cc1. The lowest BCUT2D eigenvalue weighted by molar-refractivity contribution is -0.140. The van der Waals surface area contributed by atoms with Gasteiger partial charge in [0.1, 0.15) is 19.0 Å². The molecule has 8 heteroatoms. The predicted octanol–water partition coefficient (Wildman–Crippen LogP) is 3.07. The molecular formula is C23H24N2O6. The Hall–Kier alpha value is -3.81. The van der Waals surface area contributed by atoms with E-state index >= 15 is 0 Å². The number of carbonyl (C=O) groups excluding carboxylic acids is 3. The number of nitrogens with zero attached hydrogens (tertiary/aromatic N) is 1. The average molecular weight is 424 g/mol. The number of nitrogens with one attached hydrogen (secondary N) is 1. The molecule has 1 heterocycles. The normalized spacial score (nSPS) is 15.9. The molecule has 0 saturated carbocycles. The smallest absolute Gasteiger partial charge is 0.338 e. The van der Waals surface area contributed by atoms with Gasteiger partial charge in [0.2, 0.25) is 0 Å². The summed E-state index contributed by atoms with van der Waals surface area (Å²) in [4.78, 5) is 38.3. The van der Waals surface area contributed by atoms with E-state index in [4.69, 9.17) is 14.2 Å². The summed E-state index contributed by atoms with van der Waals surface area (Å²) in [6.45, 7) is 1.94. The molecule has 31 heavy (non-hydrogen) atoms. The van der Waals surface area contributed by atoms with Crippen LogP contribution in [0.3, 0.4) is 0 Å². The molecule has 0 spiro atoms. The summed E-state index contributed by atoms with van der Waals surface area (Å²) in [7, 11) is 2.88. The standard InChI is InChI=1S/C23H24N2O6/c1-15-19(22(27)31-14-13-30-18-7-5-4-6-8-18)20(24-23(28)25(15)2)16-9-11-17(12-10-16)21(26)29-3/h4-12,20H,13-14H2,1-3H3,(H,24,28)/t20-/m0/s1. The molecule has 0 bridgehead atoms. The van der Waals surface area contributed by atoms with E-state index in [0.717, 1.165) is 0 Å². The van der Waals surface area contributed by atoms with E-state index in [0.29, 0.717) is 28.1 Å². The highest BCUT2D eigenvalue weighted by Gasteiger charge is 2.35. The summed E-state index contributed by atoms with van der Waals surface area (Å²) in [5.74, 6) is -0.339. The van der Waals surface area contributed by atoms with E-state index in [-0.39, 0.29) is 19.2 Å². The minimum Gasteiger partial charge on any atom is -0.490 e. The fourth-order valence-corrected chi connectivity index (χ4v) is 3.17. The molecule has 1 atom stereocenters. The number of para-hydroxylation sites is 1. The van der Waals surface area contributed by atoms with Crippen molar-refractivity contribution in [2.75, 3.05) is 27.4 Å². The zero-order valence-electron chi connectivity index (χ0n) is 17.6. The van der Waals surface area contributed by atoms with E-state index < -0.39 is 18.0 Å². The van der Waals surface area contributed by atoms with Crippen molar-refractivity contribution >= 4 is 18.0 Å². The molecule has 2 aromatic carbocycles. The molecule has 0 aliphatic carbocycles. The van der Waals surface area contributed by atoms with Gasteiger partial charge in [-0.1, -0.05) is 30.3 Å². The van der Waals surface area contributed by atoms with Crippen molar-refractivity contribution in [1.29, 1.82) is 0 Å². The van der Waals surface area contributed by atoms with E-state index in [9.17, 15) is 14.4 Å². The maximum atomic E-state index is 12.9. The number of benzene rings is 2. The van der Waals surface area contributed by atoms with Crippen molar-refractivity contribution < 1.29 is 28.6 Å². The zero-order chi connectivity index (χ0) is 22.4. The van der Waals surface area contributed by atoms with Gasteiger partial charge in [-0.2, -0.15) is 0 Å². The Morgan fingerprint density at radius 3 is 2.32 bits per heavy atom. The molecule has 1 aliphatic rings. The highest BCUT2D eigenvalue weighted by Crippen LogP contribution is 2.30. The average Bonchev–Trinajstić information content (AvgIpc) is 2.80. The number of hydrogen-bond donors (Lipinski definition) is 1. The molecule has 0 fully saturated rings. The second-order valence-electron chi connectivity index (χ2n) is 6.85. The van der Waals surface area contributed by atoms with Gasteiger partial charge in [0.05, 0.1) is 24.3 Å². The highest BCUT2D eigenvalue weighted by atomic mass is 16.6. The van der Waals surface area contributed by atoms with Gasteiger partial charge in [-0.05, 0) is 36.8 Å². The maximum Gasteiger partial charge on any atom is 0.338 e. The van der Waals surface area contributed by atoms with Crippen molar-refractivity contribution in [1.82, 2.24) is 10.2 Å². The van der Waals surface area contributed by atoms with Crippen LogP contribution in [0.5, 0.6) is 5.75 Å². The fraction of sp³-hybridized carbons (Fsp3) is 0.261.